The summed E-state index contributed by atoms with van der Waals surface area (Å²) in [4.78, 5) is 22.2. The topological polar surface area (TPSA) is 75.6 Å². The first-order chi connectivity index (χ1) is 8.92. The molecule has 0 radical (unpaired) electrons. The van der Waals surface area contributed by atoms with E-state index in [2.05, 4.69) is 5.32 Å². The Balaban J connectivity index is 2.66. The lowest BCUT2D eigenvalue weighted by Gasteiger charge is -2.13. The number of ether oxygens (including phenoxy) is 1. The van der Waals surface area contributed by atoms with Crippen molar-refractivity contribution in [2.45, 2.75) is 25.8 Å². The summed E-state index contributed by atoms with van der Waals surface area (Å²) in [5, 5.41) is 11.1. The van der Waals surface area contributed by atoms with Crippen molar-refractivity contribution < 1.29 is 23.8 Å². The number of amides is 1. The van der Waals surface area contributed by atoms with Crippen molar-refractivity contribution in [3.05, 3.63) is 29.6 Å². The summed E-state index contributed by atoms with van der Waals surface area (Å²) < 4.78 is 18.1. The van der Waals surface area contributed by atoms with Gasteiger partial charge in [0.1, 0.15) is 11.6 Å². The lowest BCUT2D eigenvalue weighted by Crippen LogP contribution is -2.35. The number of halogens is 1. The van der Waals surface area contributed by atoms with Gasteiger partial charge in [0.2, 0.25) is 5.91 Å². The van der Waals surface area contributed by atoms with Crippen LogP contribution in [0.1, 0.15) is 18.9 Å². The Morgan fingerprint density at radius 1 is 1.47 bits per heavy atom. The van der Waals surface area contributed by atoms with Gasteiger partial charge in [0.25, 0.3) is 0 Å². The van der Waals surface area contributed by atoms with Gasteiger partial charge in [-0.3, -0.25) is 9.59 Å². The van der Waals surface area contributed by atoms with E-state index in [1.165, 1.54) is 25.3 Å². The summed E-state index contributed by atoms with van der Waals surface area (Å²) in [6.45, 7) is 1.59. The van der Waals surface area contributed by atoms with Crippen LogP contribution < -0.4 is 10.1 Å². The molecule has 0 aliphatic heterocycles. The second kappa shape index (κ2) is 6.72. The molecule has 1 aromatic carbocycles. The van der Waals surface area contributed by atoms with Crippen LogP contribution >= 0.6 is 0 Å². The molecular formula is C13H16FNO4. The zero-order valence-electron chi connectivity index (χ0n) is 10.8. The number of aliphatic carboxylic acids is 1. The molecule has 0 aromatic heterocycles. The molecular weight excluding hydrogens is 253 g/mol. The molecule has 1 atom stereocenters. The highest BCUT2D eigenvalue weighted by molar-refractivity contribution is 5.80. The number of carboxylic acids is 1. The van der Waals surface area contributed by atoms with Crippen molar-refractivity contribution >= 4 is 11.9 Å². The second-order valence-corrected chi connectivity index (χ2v) is 4.20. The number of carbonyl (C=O) groups is 2. The molecule has 1 rings (SSSR count). The van der Waals surface area contributed by atoms with Gasteiger partial charge in [0.15, 0.2) is 0 Å². The van der Waals surface area contributed by atoms with Crippen LogP contribution in [0, 0.1) is 5.82 Å². The lowest BCUT2D eigenvalue weighted by atomic mass is 10.1. The van der Waals surface area contributed by atoms with E-state index in [0.717, 1.165) is 0 Å². The Labute approximate surface area is 110 Å². The highest BCUT2D eigenvalue weighted by atomic mass is 19.1. The minimum atomic E-state index is -0.990. The van der Waals surface area contributed by atoms with Gasteiger partial charge in [-0.2, -0.15) is 0 Å². The molecule has 2 N–H and O–H groups in total. The molecule has 0 bridgehead atoms. The average Bonchev–Trinajstić information content (AvgIpc) is 2.27. The quantitative estimate of drug-likeness (QED) is 0.817. The Hall–Kier alpha value is -2.11. The molecule has 0 spiro atoms. The fraction of sp³-hybridized carbons (Fsp3) is 0.385. The first-order valence-corrected chi connectivity index (χ1v) is 5.76. The van der Waals surface area contributed by atoms with Gasteiger partial charge in [-0.15, -0.1) is 0 Å². The van der Waals surface area contributed by atoms with Gasteiger partial charge in [0.05, 0.1) is 20.0 Å². The van der Waals surface area contributed by atoms with Crippen LogP contribution in [-0.4, -0.2) is 30.1 Å². The first-order valence-electron chi connectivity index (χ1n) is 5.76. The maximum atomic E-state index is 13.1. The van der Waals surface area contributed by atoms with Gasteiger partial charge >= 0.3 is 5.97 Å². The molecule has 5 nitrogen and oxygen atoms in total. The monoisotopic (exact) mass is 269 g/mol. The Kier molecular flexibility index (Phi) is 5.29. The summed E-state index contributed by atoms with van der Waals surface area (Å²) in [6.07, 6.45) is -0.225. The molecule has 1 aromatic rings. The molecule has 0 saturated heterocycles. The summed E-state index contributed by atoms with van der Waals surface area (Å²) in [5.74, 6) is -1.40. The molecule has 6 heteroatoms. The molecule has 104 valence electrons. The number of methoxy groups -OCH3 is 1. The van der Waals surface area contributed by atoms with E-state index in [4.69, 9.17) is 9.84 Å². The molecule has 0 saturated carbocycles. The van der Waals surface area contributed by atoms with E-state index in [1.807, 2.05) is 0 Å². The van der Waals surface area contributed by atoms with E-state index in [1.54, 1.807) is 6.92 Å². The first kappa shape index (κ1) is 14.9. The van der Waals surface area contributed by atoms with Crippen molar-refractivity contribution in [3.8, 4) is 5.75 Å². The van der Waals surface area contributed by atoms with Crippen LogP contribution in [0.4, 0.5) is 4.39 Å². The molecule has 0 fully saturated rings. The number of hydrogen-bond donors (Lipinski definition) is 2. The van der Waals surface area contributed by atoms with Crippen LogP contribution in [0.3, 0.4) is 0 Å². The third-order valence-electron chi connectivity index (χ3n) is 2.48. The van der Waals surface area contributed by atoms with Gasteiger partial charge < -0.3 is 15.2 Å². The number of benzene rings is 1. The predicted octanol–water partition coefficient (Wildman–Crippen LogP) is 1.36. The molecule has 0 heterocycles. The number of nitrogens with one attached hydrogen (secondary N) is 1. The summed E-state index contributed by atoms with van der Waals surface area (Å²) in [6, 6.07) is 3.43. The second-order valence-electron chi connectivity index (χ2n) is 4.20. The van der Waals surface area contributed by atoms with Gasteiger partial charge in [0, 0.05) is 11.6 Å². The zero-order valence-corrected chi connectivity index (χ0v) is 10.8. The van der Waals surface area contributed by atoms with Crippen molar-refractivity contribution in [3.63, 3.8) is 0 Å². The third-order valence-corrected chi connectivity index (χ3v) is 2.48. The van der Waals surface area contributed by atoms with Crippen molar-refractivity contribution in [1.29, 1.82) is 0 Å². The number of carbonyl (C=O) groups excluding carboxylic acids is 1. The molecule has 0 aliphatic carbocycles. The van der Waals surface area contributed by atoms with Crippen molar-refractivity contribution in [2.75, 3.05) is 7.11 Å². The maximum Gasteiger partial charge on any atom is 0.305 e. The molecule has 1 amide bonds. The molecule has 1 unspecified atom stereocenters. The van der Waals surface area contributed by atoms with Crippen LogP contribution in [0.25, 0.3) is 0 Å². The van der Waals surface area contributed by atoms with Crippen LogP contribution in [0.15, 0.2) is 18.2 Å². The van der Waals surface area contributed by atoms with Crippen LogP contribution in [0.5, 0.6) is 5.75 Å². The summed E-state index contributed by atoms with van der Waals surface area (Å²) >= 11 is 0. The SMILES string of the molecule is COc1ccc(F)cc1CC(=O)NC(C)CC(=O)O. The minimum Gasteiger partial charge on any atom is -0.496 e. The Morgan fingerprint density at radius 3 is 2.74 bits per heavy atom. The minimum absolute atomic E-state index is 0.0646. The van der Waals surface area contributed by atoms with E-state index in [9.17, 15) is 14.0 Å². The van der Waals surface area contributed by atoms with Crippen LogP contribution in [-0.2, 0) is 16.0 Å². The van der Waals surface area contributed by atoms with E-state index in [-0.39, 0.29) is 18.7 Å². The Bertz CT molecular complexity index is 476. The highest BCUT2D eigenvalue weighted by Gasteiger charge is 2.14. The third kappa shape index (κ3) is 4.95. The summed E-state index contributed by atoms with van der Waals surface area (Å²) in [5.41, 5.74) is 0.419. The highest BCUT2D eigenvalue weighted by Crippen LogP contribution is 2.19. The van der Waals surface area contributed by atoms with Gasteiger partial charge in [-0.25, -0.2) is 4.39 Å². The van der Waals surface area contributed by atoms with Crippen molar-refractivity contribution in [2.24, 2.45) is 0 Å². The van der Waals surface area contributed by atoms with Gasteiger partial charge in [-0.05, 0) is 25.1 Å². The van der Waals surface area contributed by atoms with E-state index >= 15 is 0 Å². The molecule has 19 heavy (non-hydrogen) atoms. The maximum absolute atomic E-state index is 13.1. The summed E-state index contributed by atoms with van der Waals surface area (Å²) in [7, 11) is 1.43. The predicted molar refractivity (Wildman–Crippen MR) is 66.5 cm³/mol. The number of rotatable bonds is 6. The van der Waals surface area contributed by atoms with E-state index in [0.29, 0.717) is 11.3 Å². The van der Waals surface area contributed by atoms with Gasteiger partial charge in [-0.1, -0.05) is 0 Å². The lowest BCUT2D eigenvalue weighted by molar-refractivity contribution is -0.137. The van der Waals surface area contributed by atoms with Crippen molar-refractivity contribution in [1.82, 2.24) is 5.32 Å². The number of hydrogen-bond acceptors (Lipinski definition) is 3. The zero-order chi connectivity index (χ0) is 14.4. The smallest absolute Gasteiger partial charge is 0.305 e. The number of carboxylic acid groups (broad SMARTS) is 1. The fourth-order valence-electron chi connectivity index (χ4n) is 1.70. The normalized spacial score (nSPS) is 11.7. The Morgan fingerprint density at radius 2 is 2.16 bits per heavy atom. The van der Waals surface area contributed by atoms with E-state index < -0.39 is 17.8 Å². The fourth-order valence-corrected chi connectivity index (χ4v) is 1.70. The van der Waals surface area contributed by atoms with Crippen LogP contribution in [0.2, 0.25) is 0 Å². The average molecular weight is 269 g/mol. The molecule has 0 aliphatic rings. The standard InChI is InChI=1S/C13H16FNO4/c1-8(5-13(17)18)15-12(16)7-9-6-10(14)3-4-11(9)19-2/h3-4,6,8H,5,7H2,1-2H3,(H,15,16)(H,17,18). The largest absolute Gasteiger partial charge is 0.496 e.